The van der Waals surface area contributed by atoms with Gasteiger partial charge in [-0.15, -0.1) is 0 Å². The van der Waals surface area contributed by atoms with Crippen LogP contribution in [0.5, 0.6) is 0 Å². The molecule has 1 N–H and O–H groups in total. The first-order valence-corrected chi connectivity index (χ1v) is 8.88. The minimum atomic E-state index is -0.0859. The summed E-state index contributed by atoms with van der Waals surface area (Å²) in [5.41, 5.74) is 1.30. The highest BCUT2D eigenvalue weighted by molar-refractivity contribution is 9.10. The predicted octanol–water partition coefficient (Wildman–Crippen LogP) is 5.33. The molecule has 118 valence electrons. The lowest BCUT2D eigenvalue weighted by atomic mass is 9.70. The molecular formula is C18H27BrFN. The number of nitrogens with one attached hydrogen (secondary N) is 1. The zero-order valence-corrected chi connectivity index (χ0v) is 15.0. The minimum absolute atomic E-state index is 0.0859. The molecule has 0 aliphatic heterocycles. The number of benzene rings is 1. The number of halogens is 2. The third-order valence-corrected chi connectivity index (χ3v) is 5.36. The van der Waals surface area contributed by atoms with Gasteiger partial charge in [-0.05, 0) is 73.7 Å². The Labute approximate surface area is 136 Å². The summed E-state index contributed by atoms with van der Waals surface area (Å²) in [6.07, 6.45) is 5.84. The Balaban J connectivity index is 2.07. The summed E-state index contributed by atoms with van der Waals surface area (Å²) < 4.78 is 15.0. The van der Waals surface area contributed by atoms with Crippen molar-refractivity contribution in [2.45, 2.75) is 58.9 Å². The van der Waals surface area contributed by atoms with Crippen molar-refractivity contribution in [3.63, 3.8) is 0 Å². The van der Waals surface area contributed by atoms with Gasteiger partial charge in [-0.3, -0.25) is 0 Å². The molecule has 0 saturated heterocycles. The monoisotopic (exact) mass is 355 g/mol. The quantitative estimate of drug-likeness (QED) is 0.752. The third kappa shape index (κ3) is 4.79. The van der Waals surface area contributed by atoms with Crippen LogP contribution in [-0.2, 0) is 6.42 Å². The zero-order valence-electron chi connectivity index (χ0n) is 13.4. The predicted molar refractivity (Wildman–Crippen MR) is 91.0 cm³/mol. The molecule has 21 heavy (non-hydrogen) atoms. The molecule has 1 saturated carbocycles. The Morgan fingerprint density at radius 1 is 1.33 bits per heavy atom. The lowest BCUT2D eigenvalue weighted by Crippen LogP contribution is -2.40. The van der Waals surface area contributed by atoms with Crippen molar-refractivity contribution in [2.24, 2.45) is 11.3 Å². The lowest BCUT2D eigenvalue weighted by Gasteiger charge is -2.38. The Kier molecular flexibility index (Phi) is 5.84. The van der Waals surface area contributed by atoms with E-state index in [9.17, 15) is 4.39 Å². The van der Waals surface area contributed by atoms with Gasteiger partial charge in [-0.1, -0.05) is 36.7 Å². The third-order valence-electron chi connectivity index (χ3n) is 4.87. The van der Waals surface area contributed by atoms with Gasteiger partial charge >= 0.3 is 0 Å². The van der Waals surface area contributed by atoms with Gasteiger partial charge in [0.2, 0.25) is 0 Å². The maximum absolute atomic E-state index is 14.0. The van der Waals surface area contributed by atoms with E-state index in [1.165, 1.54) is 25.7 Å². The smallest absolute Gasteiger partial charge is 0.126 e. The molecule has 0 heterocycles. The maximum atomic E-state index is 14.0. The molecule has 1 nitrogen and oxygen atoms in total. The fourth-order valence-corrected chi connectivity index (χ4v) is 3.84. The van der Waals surface area contributed by atoms with Crippen molar-refractivity contribution >= 4 is 15.9 Å². The average molecular weight is 356 g/mol. The molecule has 1 fully saturated rings. The average Bonchev–Trinajstić information content (AvgIpc) is 2.42. The summed E-state index contributed by atoms with van der Waals surface area (Å²) in [6.45, 7) is 7.80. The van der Waals surface area contributed by atoms with Crippen molar-refractivity contribution in [3.8, 4) is 0 Å². The van der Waals surface area contributed by atoms with E-state index in [-0.39, 0.29) is 5.82 Å². The maximum Gasteiger partial charge on any atom is 0.126 e. The number of hydrogen-bond acceptors (Lipinski definition) is 1. The van der Waals surface area contributed by atoms with Crippen LogP contribution in [0.2, 0.25) is 0 Å². The van der Waals surface area contributed by atoms with Gasteiger partial charge in [0, 0.05) is 10.5 Å². The highest BCUT2D eigenvalue weighted by atomic mass is 79.9. The van der Waals surface area contributed by atoms with Gasteiger partial charge in [0.05, 0.1) is 0 Å². The SMILES string of the molecule is CCNC(Cc1cc(Br)ccc1F)C1CCC(C)(C)CC1. The summed E-state index contributed by atoms with van der Waals surface area (Å²) >= 11 is 3.45. The van der Waals surface area contributed by atoms with E-state index < -0.39 is 0 Å². The summed E-state index contributed by atoms with van der Waals surface area (Å²) in [5.74, 6) is 0.577. The van der Waals surface area contributed by atoms with E-state index in [2.05, 4.69) is 42.0 Å². The van der Waals surface area contributed by atoms with Crippen LogP contribution < -0.4 is 5.32 Å². The van der Waals surface area contributed by atoms with Crippen molar-refractivity contribution in [2.75, 3.05) is 6.54 Å². The van der Waals surface area contributed by atoms with Crippen LogP contribution in [0, 0.1) is 17.2 Å². The normalized spacial score (nSPS) is 20.4. The van der Waals surface area contributed by atoms with Crippen LogP contribution in [-0.4, -0.2) is 12.6 Å². The van der Waals surface area contributed by atoms with Crippen LogP contribution in [0.1, 0.15) is 52.0 Å². The molecule has 3 heteroatoms. The van der Waals surface area contributed by atoms with E-state index in [4.69, 9.17) is 0 Å². The van der Waals surface area contributed by atoms with Crippen LogP contribution in [0.15, 0.2) is 22.7 Å². The van der Waals surface area contributed by atoms with Crippen LogP contribution in [0.4, 0.5) is 4.39 Å². The van der Waals surface area contributed by atoms with E-state index >= 15 is 0 Å². The highest BCUT2D eigenvalue weighted by Crippen LogP contribution is 2.39. The van der Waals surface area contributed by atoms with Crippen molar-refractivity contribution in [1.82, 2.24) is 5.32 Å². The van der Waals surface area contributed by atoms with Gasteiger partial charge in [-0.2, -0.15) is 0 Å². The van der Waals surface area contributed by atoms with Crippen molar-refractivity contribution < 1.29 is 4.39 Å². The largest absolute Gasteiger partial charge is 0.314 e. The molecule has 0 amide bonds. The first-order valence-electron chi connectivity index (χ1n) is 8.08. The van der Waals surface area contributed by atoms with Gasteiger partial charge < -0.3 is 5.32 Å². The molecule has 1 aliphatic rings. The summed E-state index contributed by atoms with van der Waals surface area (Å²) in [7, 11) is 0. The van der Waals surface area contributed by atoms with Crippen LogP contribution in [0.3, 0.4) is 0 Å². The van der Waals surface area contributed by atoms with E-state index in [1.54, 1.807) is 12.1 Å². The molecule has 1 aliphatic carbocycles. The molecule has 1 atom stereocenters. The summed E-state index contributed by atoms with van der Waals surface area (Å²) in [5, 5.41) is 3.59. The van der Waals surface area contributed by atoms with E-state index in [0.717, 1.165) is 23.0 Å². The number of likely N-dealkylation sites (N-methyl/N-ethyl adjacent to an activating group) is 1. The standard InChI is InChI=1S/C18H27BrFN/c1-4-21-17(13-7-9-18(2,3)10-8-13)12-14-11-15(19)5-6-16(14)20/h5-6,11,13,17,21H,4,7-10,12H2,1-3H3. The Hall–Kier alpha value is -0.410. The Morgan fingerprint density at radius 2 is 2.00 bits per heavy atom. The van der Waals surface area contributed by atoms with Gasteiger partial charge in [-0.25, -0.2) is 4.39 Å². The number of rotatable bonds is 5. The second-order valence-electron chi connectivity index (χ2n) is 7.11. The summed E-state index contributed by atoms with van der Waals surface area (Å²) in [4.78, 5) is 0. The molecule has 1 aromatic carbocycles. The second-order valence-corrected chi connectivity index (χ2v) is 8.02. The van der Waals surface area contributed by atoms with Gasteiger partial charge in [0.1, 0.15) is 5.82 Å². The molecule has 1 aromatic rings. The summed E-state index contributed by atoms with van der Waals surface area (Å²) in [6, 6.07) is 5.64. The second kappa shape index (κ2) is 7.23. The molecule has 0 bridgehead atoms. The first-order chi connectivity index (χ1) is 9.91. The molecule has 1 unspecified atom stereocenters. The number of hydrogen-bond donors (Lipinski definition) is 1. The fraction of sp³-hybridized carbons (Fsp3) is 0.667. The van der Waals surface area contributed by atoms with Gasteiger partial charge in [0.15, 0.2) is 0 Å². The lowest BCUT2D eigenvalue weighted by molar-refractivity contribution is 0.161. The minimum Gasteiger partial charge on any atom is -0.314 e. The molecule has 0 aromatic heterocycles. The highest BCUT2D eigenvalue weighted by Gasteiger charge is 2.31. The molecule has 0 radical (unpaired) electrons. The van der Waals surface area contributed by atoms with Crippen LogP contribution in [0.25, 0.3) is 0 Å². The molecular weight excluding hydrogens is 329 g/mol. The zero-order chi connectivity index (χ0) is 15.5. The van der Waals surface area contributed by atoms with Crippen molar-refractivity contribution in [1.29, 1.82) is 0 Å². The molecule has 2 rings (SSSR count). The topological polar surface area (TPSA) is 12.0 Å². The van der Waals surface area contributed by atoms with Crippen LogP contribution >= 0.6 is 15.9 Å². The van der Waals surface area contributed by atoms with E-state index in [0.29, 0.717) is 17.4 Å². The van der Waals surface area contributed by atoms with Gasteiger partial charge in [0.25, 0.3) is 0 Å². The first kappa shape index (κ1) is 17.0. The Morgan fingerprint density at radius 3 is 2.62 bits per heavy atom. The molecule has 0 spiro atoms. The van der Waals surface area contributed by atoms with Crippen molar-refractivity contribution in [3.05, 3.63) is 34.1 Å². The fourth-order valence-electron chi connectivity index (χ4n) is 3.43. The Bertz CT molecular complexity index is 462. The van der Waals surface area contributed by atoms with E-state index in [1.807, 2.05) is 6.07 Å².